The first-order chi connectivity index (χ1) is 6.81. The van der Waals surface area contributed by atoms with E-state index in [0.717, 1.165) is 6.26 Å². The van der Waals surface area contributed by atoms with E-state index < -0.39 is 15.6 Å². The van der Waals surface area contributed by atoms with Gasteiger partial charge in [-0.15, -0.1) is 0 Å². The summed E-state index contributed by atoms with van der Waals surface area (Å²) in [6.45, 7) is 0.341. The molecule has 86 valence electrons. The van der Waals surface area contributed by atoms with Crippen molar-refractivity contribution in [1.82, 2.24) is 4.72 Å². The highest BCUT2D eigenvalue weighted by Gasteiger charge is 2.22. The van der Waals surface area contributed by atoms with Crippen LogP contribution in [0.3, 0.4) is 0 Å². The van der Waals surface area contributed by atoms with Gasteiger partial charge >= 0.3 is 0 Å². The molecule has 0 aromatic rings. The fraction of sp³-hybridized carbons (Fsp3) is 0.556. The smallest absolute Gasteiger partial charge is 0.208 e. The van der Waals surface area contributed by atoms with Crippen LogP contribution < -0.4 is 16.2 Å². The highest BCUT2D eigenvalue weighted by Crippen LogP contribution is 2.19. The van der Waals surface area contributed by atoms with Crippen LogP contribution in [0.5, 0.6) is 0 Å². The SMILES string of the molecule is CS(=O)(=O)NCCC1(N)C=CC(N)=CC1. The van der Waals surface area contributed by atoms with Gasteiger partial charge in [0, 0.05) is 17.8 Å². The highest BCUT2D eigenvalue weighted by atomic mass is 32.2. The Kier molecular flexibility index (Phi) is 3.54. The molecule has 0 fully saturated rings. The average molecular weight is 231 g/mol. The topological polar surface area (TPSA) is 98.2 Å². The summed E-state index contributed by atoms with van der Waals surface area (Å²) in [6, 6.07) is 0. The van der Waals surface area contributed by atoms with E-state index in [1.165, 1.54) is 0 Å². The van der Waals surface area contributed by atoms with Gasteiger partial charge in [0.1, 0.15) is 0 Å². The van der Waals surface area contributed by atoms with Gasteiger partial charge in [0.05, 0.1) is 6.26 Å². The molecule has 0 saturated heterocycles. The van der Waals surface area contributed by atoms with Crippen molar-refractivity contribution >= 4 is 10.0 Å². The van der Waals surface area contributed by atoms with E-state index in [1.54, 1.807) is 6.08 Å². The molecule has 0 radical (unpaired) electrons. The Labute approximate surface area is 90.3 Å². The Morgan fingerprint density at radius 3 is 2.73 bits per heavy atom. The summed E-state index contributed by atoms with van der Waals surface area (Å²) in [6.07, 6.45) is 7.75. The lowest BCUT2D eigenvalue weighted by molar-refractivity contribution is 0.481. The number of hydrogen-bond acceptors (Lipinski definition) is 4. The lowest BCUT2D eigenvalue weighted by Gasteiger charge is -2.27. The minimum atomic E-state index is -3.13. The molecular formula is C9H17N3O2S. The summed E-state index contributed by atoms with van der Waals surface area (Å²) < 4.78 is 24.1. The van der Waals surface area contributed by atoms with Gasteiger partial charge in [-0.05, 0) is 18.9 Å². The van der Waals surface area contributed by atoms with Crippen molar-refractivity contribution in [3.8, 4) is 0 Å². The standard InChI is InChI=1S/C9H17N3O2S/c1-15(13,14)12-7-6-9(11)4-2-8(10)3-5-9/h2-4,12H,5-7,10-11H2,1H3. The molecule has 15 heavy (non-hydrogen) atoms. The molecule has 0 aromatic carbocycles. The predicted molar refractivity (Wildman–Crippen MR) is 60.4 cm³/mol. The van der Waals surface area contributed by atoms with E-state index in [-0.39, 0.29) is 0 Å². The van der Waals surface area contributed by atoms with E-state index in [9.17, 15) is 8.42 Å². The maximum atomic E-state index is 10.8. The minimum absolute atomic E-state index is 0.341. The van der Waals surface area contributed by atoms with Gasteiger partial charge in [0.15, 0.2) is 0 Å². The molecule has 1 unspecified atom stereocenters. The third kappa shape index (κ3) is 4.46. The highest BCUT2D eigenvalue weighted by molar-refractivity contribution is 7.88. The van der Waals surface area contributed by atoms with Crippen molar-refractivity contribution in [3.05, 3.63) is 23.9 Å². The summed E-state index contributed by atoms with van der Waals surface area (Å²) in [7, 11) is -3.13. The number of nitrogens with two attached hydrogens (primary N) is 2. The third-order valence-corrected chi connectivity index (χ3v) is 3.01. The lowest BCUT2D eigenvalue weighted by Crippen LogP contribution is -2.42. The number of sulfonamides is 1. The monoisotopic (exact) mass is 231 g/mol. The zero-order valence-corrected chi connectivity index (χ0v) is 9.55. The number of rotatable bonds is 4. The maximum Gasteiger partial charge on any atom is 0.208 e. The van der Waals surface area contributed by atoms with Gasteiger partial charge in [0.25, 0.3) is 0 Å². The van der Waals surface area contributed by atoms with Gasteiger partial charge in [-0.25, -0.2) is 13.1 Å². The quantitative estimate of drug-likeness (QED) is 0.603. The molecule has 0 aromatic heterocycles. The number of hydrogen-bond donors (Lipinski definition) is 3. The van der Waals surface area contributed by atoms with E-state index in [2.05, 4.69) is 4.72 Å². The van der Waals surface area contributed by atoms with Gasteiger partial charge in [0.2, 0.25) is 10.0 Å². The molecule has 0 bridgehead atoms. The molecule has 1 atom stereocenters. The molecule has 1 aliphatic carbocycles. The van der Waals surface area contributed by atoms with Crippen molar-refractivity contribution in [1.29, 1.82) is 0 Å². The van der Waals surface area contributed by atoms with Gasteiger partial charge in [-0.1, -0.05) is 12.2 Å². The first-order valence-electron chi connectivity index (χ1n) is 4.69. The van der Waals surface area contributed by atoms with Crippen LogP contribution in [0.2, 0.25) is 0 Å². The maximum absolute atomic E-state index is 10.8. The summed E-state index contributed by atoms with van der Waals surface area (Å²) in [5, 5.41) is 0. The Bertz CT molecular complexity index is 386. The molecule has 5 nitrogen and oxygen atoms in total. The first-order valence-corrected chi connectivity index (χ1v) is 6.58. The van der Waals surface area contributed by atoms with Crippen LogP contribution in [-0.2, 0) is 10.0 Å². The second-order valence-corrected chi connectivity index (χ2v) is 5.72. The molecular weight excluding hydrogens is 214 g/mol. The molecule has 1 aliphatic rings. The van der Waals surface area contributed by atoms with Crippen LogP contribution in [0.15, 0.2) is 23.9 Å². The second kappa shape index (κ2) is 4.34. The van der Waals surface area contributed by atoms with Crippen LogP contribution >= 0.6 is 0 Å². The minimum Gasteiger partial charge on any atom is -0.399 e. The Balaban J connectivity index is 2.43. The van der Waals surface area contributed by atoms with E-state index >= 15 is 0 Å². The first kappa shape index (κ1) is 12.2. The average Bonchev–Trinajstić information content (AvgIpc) is 2.09. The molecule has 5 N–H and O–H groups in total. The second-order valence-electron chi connectivity index (χ2n) is 3.89. The molecule has 0 aliphatic heterocycles. The van der Waals surface area contributed by atoms with E-state index in [1.807, 2.05) is 12.2 Å². The van der Waals surface area contributed by atoms with Crippen LogP contribution in [0.25, 0.3) is 0 Å². The summed E-state index contributed by atoms with van der Waals surface area (Å²) in [5.74, 6) is 0. The zero-order chi connectivity index (χ0) is 11.5. The predicted octanol–water partition coefficient (Wildman–Crippen LogP) is -0.574. The Hall–Kier alpha value is -0.850. The number of nitrogens with one attached hydrogen (secondary N) is 1. The molecule has 0 saturated carbocycles. The van der Waals surface area contributed by atoms with Gasteiger partial charge < -0.3 is 11.5 Å². The summed E-state index contributed by atoms with van der Waals surface area (Å²) in [5.41, 5.74) is 11.8. The van der Waals surface area contributed by atoms with E-state index in [4.69, 9.17) is 11.5 Å². The van der Waals surface area contributed by atoms with Crippen molar-refractivity contribution in [3.63, 3.8) is 0 Å². The molecule has 6 heteroatoms. The normalized spacial score (nSPS) is 26.4. The van der Waals surface area contributed by atoms with Gasteiger partial charge in [-0.2, -0.15) is 0 Å². The largest absolute Gasteiger partial charge is 0.399 e. The molecule has 0 amide bonds. The van der Waals surface area contributed by atoms with Crippen molar-refractivity contribution in [2.45, 2.75) is 18.4 Å². The summed E-state index contributed by atoms with van der Waals surface area (Å²) in [4.78, 5) is 0. The molecule has 0 heterocycles. The molecule has 0 spiro atoms. The third-order valence-electron chi connectivity index (χ3n) is 2.28. The van der Waals surface area contributed by atoms with Crippen LogP contribution in [0.4, 0.5) is 0 Å². The van der Waals surface area contributed by atoms with Crippen LogP contribution in [-0.4, -0.2) is 26.8 Å². The molecule has 1 rings (SSSR count). The van der Waals surface area contributed by atoms with Crippen LogP contribution in [0.1, 0.15) is 12.8 Å². The fourth-order valence-electron chi connectivity index (χ4n) is 1.36. The van der Waals surface area contributed by atoms with Crippen LogP contribution in [0, 0.1) is 0 Å². The zero-order valence-electron chi connectivity index (χ0n) is 8.73. The van der Waals surface area contributed by atoms with Crippen molar-refractivity contribution in [2.75, 3.05) is 12.8 Å². The van der Waals surface area contributed by atoms with Crippen molar-refractivity contribution in [2.24, 2.45) is 11.5 Å². The fourth-order valence-corrected chi connectivity index (χ4v) is 1.83. The Morgan fingerprint density at radius 1 is 1.60 bits per heavy atom. The van der Waals surface area contributed by atoms with Crippen molar-refractivity contribution < 1.29 is 8.42 Å². The number of allylic oxidation sites excluding steroid dienone is 1. The van der Waals surface area contributed by atoms with E-state index in [0.29, 0.717) is 25.1 Å². The Morgan fingerprint density at radius 2 is 2.27 bits per heavy atom. The lowest BCUT2D eigenvalue weighted by atomic mass is 9.88. The van der Waals surface area contributed by atoms with Gasteiger partial charge in [-0.3, -0.25) is 0 Å². The summed E-state index contributed by atoms with van der Waals surface area (Å²) >= 11 is 0.